The molecule has 0 aliphatic heterocycles. The van der Waals surface area contributed by atoms with Crippen LogP contribution in [0.25, 0.3) is 121 Å². The largest absolute Gasteiger partial charge is 0.456 e. The molecule has 0 atom stereocenters. The minimum atomic E-state index is 0.581. The molecule has 5 nitrogen and oxygen atoms in total. The first kappa shape index (κ1) is 30.8. The van der Waals surface area contributed by atoms with Crippen LogP contribution in [0.15, 0.2) is 185 Å². The number of aromatic nitrogens is 3. The SMILES string of the molecule is c1ccc(-c2nc(-c3ccc4c(c3)oc3ccccc34)nc(-c3cccc4ccc(-c5cc6ccc7ccccc7c6c6oc7ccccc7c56)cc34)n2)cc1. The highest BCUT2D eigenvalue weighted by Gasteiger charge is 2.20. The molecule has 0 spiro atoms. The number of furan rings is 2. The van der Waals surface area contributed by atoms with Crippen molar-refractivity contribution >= 4 is 76.2 Å². The maximum Gasteiger partial charge on any atom is 0.164 e. The summed E-state index contributed by atoms with van der Waals surface area (Å²) in [6, 6.07) is 61.0. The second-order valence-corrected chi connectivity index (χ2v) is 14.3. The van der Waals surface area contributed by atoms with E-state index >= 15 is 0 Å². The Balaban J connectivity index is 1.09. The molecule has 0 saturated carbocycles. The minimum Gasteiger partial charge on any atom is -0.456 e. The van der Waals surface area contributed by atoms with Crippen molar-refractivity contribution in [2.45, 2.75) is 0 Å². The number of hydrogen-bond donors (Lipinski definition) is 0. The fraction of sp³-hybridized carbons (Fsp3) is 0. The van der Waals surface area contributed by atoms with Gasteiger partial charge in [-0.25, -0.2) is 15.0 Å². The number of hydrogen-bond acceptors (Lipinski definition) is 5. The third-order valence-corrected chi connectivity index (χ3v) is 11.1. The lowest BCUT2D eigenvalue weighted by Gasteiger charge is -2.13. The highest BCUT2D eigenvalue weighted by Crippen LogP contribution is 2.44. The molecule has 9 aromatic carbocycles. The lowest BCUT2D eigenvalue weighted by molar-refractivity contribution is 0.669. The first-order chi connectivity index (χ1) is 27.7. The maximum absolute atomic E-state index is 6.74. The van der Waals surface area contributed by atoms with Crippen LogP contribution in [0.5, 0.6) is 0 Å². The van der Waals surface area contributed by atoms with Gasteiger partial charge in [-0.15, -0.1) is 0 Å². The van der Waals surface area contributed by atoms with Gasteiger partial charge >= 0.3 is 0 Å². The molecule has 0 saturated heterocycles. The van der Waals surface area contributed by atoms with E-state index in [1.54, 1.807) is 0 Å². The summed E-state index contributed by atoms with van der Waals surface area (Å²) in [5, 5.41) is 11.1. The molecule has 56 heavy (non-hydrogen) atoms. The van der Waals surface area contributed by atoms with Gasteiger partial charge in [0, 0.05) is 43.6 Å². The number of rotatable bonds is 4. The zero-order chi connectivity index (χ0) is 36.7. The van der Waals surface area contributed by atoms with Crippen LogP contribution in [0, 0.1) is 0 Å². The van der Waals surface area contributed by atoms with Crippen molar-refractivity contribution < 1.29 is 8.83 Å². The van der Waals surface area contributed by atoms with Crippen LogP contribution < -0.4 is 0 Å². The molecule has 0 unspecified atom stereocenters. The monoisotopic (exact) mass is 715 g/mol. The van der Waals surface area contributed by atoms with Gasteiger partial charge in [0.2, 0.25) is 0 Å². The Labute approximate surface area is 320 Å². The second-order valence-electron chi connectivity index (χ2n) is 14.3. The Morgan fingerprint density at radius 2 is 0.929 bits per heavy atom. The molecule has 0 aliphatic rings. The standard InChI is InChI=1S/C51H29N3O2/c1-2-12-32(13-3-1)49-52-50(35-25-26-38-37-16-6-8-19-43(37)55-45(38)29-35)54-51(53-49)39-18-10-14-31-21-23-33(27-41(31)39)42-28-34-24-22-30-11-4-5-15-36(30)46(34)48-47(42)40-17-7-9-20-44(40)56-48/h1-29H. The number of para-hydroxylation sites is 2. The van der Waals surface area contributed by atoms with Crippen LogP contribution in [0.3, 0.4) is 0 Å². The predicted molar refractivity (Wildman–Crippen MR) is 229 cm³/mol. The first-order valence-corrected chi connectivity index (χ1v) is 18.8. The summed E-state index contributed by atoms with van der Waals surface area (Å²) in [4.78, 5) is 15.4. The van der Waals surface area contributed by atoms with Gasteiger partial charge in [0.1, 0.15) is 22.3 Å². The van der Waals surface area contributed by atoms with E-state index in [1.165, 1.54) is 10.8 Å². The van der Waals surface area contributed by atoms with Crippen molar-refractivity contribution in [2.75, 3.05) is 0 Å². The molecule has 0 radical (unpaired) electrons. The average Bonchev–Trinajstić information content (AvgIpc) is 3.84. The van der Waals surface area contributed by atoms with Gasteiger partial charge in [0.15, 0.2) is 17.5 Å². The van der Waals surface area contributed by atoms with Crippen LogP contribution in [-0.2, 0) is 0 Å². The van der Waals surface area contributed by atoms with Crippen molar-refractivity contribution in [1.82, 2.24) is 15.0 Å². The fourth-order valence-electron chi connectivity index (χ4n) is 8.45. The van der Waals surface area contributed by atoms with E-state index < -0.39 is 0 Å². The summed E-state index contributed by atoms with van der Waals surface area (Å²) in [5.74, 6) is 1.79. The highest BCUT2D eigenvalue weighted by molar-refractivity contribution is 6.27. The topological polar surface area (TPSA) is 65.0 Å². The Morgan fingerprint density at radius 3 is 1.80 bits per heavy atom. The van der Waals surface area contributed by atoms with E-state index in [1.807, 2.05) is 60.7 Å². The van der Waals surface area contributed by atoms with Crippen molar-refractivity contribution in [3.8, 4) is 45.3 Å². The number of fused-ring (bicyclic) bond motifs is 11. The smallest absolute Gasteiger partial charge is 0.164 e. The summed E-state index contributed by atoms with van der Waals surface area (Å²) < 4.78 is 13.0. The molecule has 3 heterocycles. The lowest BCUT2D eigenvalue weighted by atomic mass is 9.91. The molecular formula is C51H29N3O2. The molecule has 12 rings (SSSR count). The number of benzene rings is 9. The third kappa shape index (κ3) is 4.71. The molecule has 5 heteroatoms. The Morgan fingerprint density at radius 1 is 0.304 bits per heavy atom. The van der Waals surface area contributed by atoms with Gasteiger partial charge in [-0.3, -0.25) is 0 Å². The molecule has 260 valence electrons. The molecule has 0 aliphatic carbocycles. The van der Waals surface area contributed by atoms with Crippen molar-refractivity contribution in [3.05, 3.63) is 176 Å². The van der Waals surface area contributed by atoms with Gasteiger partial charge in [-0.2, -0.15) is 0 Å². The molecule has 0 N–H and O–H groups in total. The second kappa shape index (κ2) is 11.9. The Hall–Kier alpha value is -7.63. The normalized spacial score (nSPS) is 11.9. The van der Waals surface area contributed by atoms with Crippen LogP contribution in [0.1, 0.15) is 0 Å². The zero-order valence-electron chi connectivity index (χ0n) is 29.9. The van der Waals surface area contributed by atoms with Crippen molar-refractivity contribution in [2.24, 2.45) is 0 Å². The van der Waals surface area contributed by atoms with Gasteiger partial charge in [0.05, 0.1) is 0 Å². The molecule has 0 bridgehead atoms. The van der Waals surface area contributed by atoms with Crippen LogP contribution in [0.4, 0.5) is 0 Å². The van der Waals surface area contributed by atoms with E-state index in [4.69, 9.17) is 23.8 Å². The molecular weight excluding hydrogens is 687 g/mol. The summed E-state index contributed by atoms with van der Waals surface area (Å²) in [5.41, 5.74) is 8.33. The van der Waals surface area contributed by atoms with E-state index in [0.29, 0.717) is 17.5 Å². The third-order valence-electron chi connectivity index (χ3n) is 11.1. The van der Waals surface area contributed by atoms with E-state index in [-0.39, 0.29) is 0 Å². The predicted octanol–water partition coefficient (Wildman–Crippen LogP) is 13.8. The van der Waals surface area contributed by atoms with Gasteiger partial charge in [-0.05, 0) is 74.5 Å². The van der Waals surface area contributed by atoms with E-state index in [0.717, 1.165) is 93.2 Å². The van der Waals surface area contributed by atoms with Gasteiger partial charge in [0.25, 0.3) is 0 Å². The fourth-order valence-corrected chi connectivity index (χ4v) is 8.45. The van der Waals surface area contributed by atoms with Gasteiger partial charge < -0.3 is 8.83 Å². The van der Waals surface area contributed by atoms with E-state index in [9.17, 15) is 0 Å². The van der Waals surface area contributed by atoms with Crippen molar-refractivity contribution in [3.63, 3.8) is 0 Å². The summed E-state index contributed by atoms with van der Waals surface area (Å²) in [7, 11) is 0. The Kier molecular flexibility index (Phi) is 6.56. The van der Waals surface area contributed by atoms with Crippen LogP contribution in [-0.4, -0.2) is 15.0 Å². The zero-order valence-corrected chi connectivity index (χ0v) is 29.9. The quantitative estimate of drug-likeness (QED) is 0.170. The molecule has 0 fully saturated rings. The average molecular weight is 716 g/mol. The van der Waals surface area contributed by atoms with Crippen LogP contribution >= 0.6 is 0 Å². The molecule has 12 aromatic rings. The highest BCUT2D eigenvalue weighted by atomic mass is 16.3. The lowest BCUT2D eigenvalue weighted by Crippen LogP contribution is -2.00. The Bertz CT molecular complexity index is 3550. The molecule has 3 aromatic heterocycles. The first-order valence-electron chi connectivity index (χ1n) is 18.8. The van der Waals surface area contributed by atoms with Gasteiger partial charge in [-0.1, -0.05) is 140 Å². The number of nitrogens with zero attached hydrogens (tertiary/aromatic N) is 3. The van der Waals surface area contributed by atoms with Crippen LogP contribution in [0.2, 0.25) is 0 Å². The molecule has 0 amide bonds. The maximum atomic E-state index is 6.74. The summed E-state index contributed by atoms with van der Waals surface area (Å²) in [6.45, 7) is 0. The summed E-state index contributed by atoms with van der Waals surface area (Å²) >= 11 is 0. The minimum absolute atomic E-state index is 0.581. The van der Waals surface area contributed by atoms with Crippen molar-refractivity contribution in [1.29, 1.82) is 0 Å². The summed E-state index contributed by atoms with van der Waals surface area (Å²) in [6.07, 6.45) is 0. The van der Waals surface area contributed by atoms with E-state index in [2.05, 4.69) is 115 Å².